The minimum atomic E-state index is -0.178. The van der Waals surface area contributed by atoms with Crippen LogP contribution in [0.25, 0.3) is 0 Å². The zero-order chi connectivity index (χ0) is 17.2. The maximum absolute atomic E-state index is 11.9. The normalized spacial score (nSPS) is 10.2. The van der Waals surface area contributed by atoms with Crippen molar-refractivity contribution in [1.29, 1.82) is 0 Å². The van der Waals surface area contributed by atoms with Gasteiger partial charge in [-0.05, 0) is 24.6 Å². The van der Waals surface area contributed by atoms with Crippen LogP contribution in [0, 0.1) is 0 Å². The molecule has 24 heavy (non-hydrogen) atoms. The van der Waals surface area contributed by atoms with Gasteiger partial charge in [-0.15, -0.1) is 0 Å². The van der Waals surface area contributed by atoms with Crippen molar-refractivity contribution in [2.45, 2.75) is 13.0 Å². The zero-order valence-electron chi connectivity index (χ0n) is 14.0. The second-order valence-electron chi connectivity index (χ2n) is 5.20. The highest BCUT2D eigenvalue weighted by atomic mass is 16.5. The summed E-state index contributed by atoms with van der Waals surface area (Å²) in [4.78, 5) is 16.1. The van der Waals surface area contributed by atoms with Crippen LogP contribution >= 0.6 is 0 Å². The number of amides is 1. The molecule has 2 N–H and O–H groups in total. The number of anilines is 1. The first kappa shape index (κ1) is 17.7. The average molecular weight is 329 g/mol. The molecule has 0 fully saturated rings. The zero-order valence-corrected chi connectivity index (χ0v) is 14.0. The largest absolute Gasteiger partial charge is 0.496 e. The lowest BCUT2D eigenvalue weighted by atomic mass is 10.2. The summed E-state index contributed by atoms with van der Waals surface area (Å²) in [6.45, 7) is 1.82. The maximum atomic E-state index is 11.9. The van der Waals surface area contributed by atoms with Crippen LogP contribution in [-0.4, -0.2) is 38.3 Å². The fourth-order valence-electron chi connectivity index (χ4n) is 2.19. The topological polar surface area (TPSA) is 72.5 Å². The Morgan fingerprint density at radius 3 is 2.71 bits per heavy atom. The molecular weight excluding hydrogens is 306 g/mol. The van der Waals surface area contributed by atoms with Gasteiger partial charge in [0.2, 0.25) is 0 Å². The van der Waals surface area contributed by atoms with Gasteiger partial charge >= 0.3 is 0 Å². The van der Waals surface area contributed by atoms with Crippen molar-refractivity contribution in [1.82, 2.24) is 10.3 Å². The smallest absolute Gasteiger partial charge is 0.269 e. The second kappa shape index (κ2) is 9.52. The predicted octanol–water partition coefficient (Wildman–Crippen LogP) is 2.47. The van der Waals surface area contributed by atoms with E-state index in [-0.39, 0.29) is 5.91 Å². The van der Waals surface area contributed by atoms with Crippen LogP contribution in [0.3, 0.4) is 0 Å². The van der Waals surface area contributed by atoms with Gasteiger partial charge in [0.1, 0.15) is 11.4 Å². The third-order valence-corrected chi connectivity index (χ3v) is 3.48. The molecule has 0 aliphatic heterocycles. The molecule has 1 amide bonds. The lowest BCUT2D eigenvalue weighted by Crippen LogP contribution is -2.26. The van der Waals surface area contributed by atoms with Gasteiger partial charge in [-0.2, -0.15) is 0 Å². The lowest BCUT2D eigenvalue weighted by Gasteiger charge is -2.10. The Morgan fingerprint density at radius 1 is 1.17 bits per heavy atom. The number of carbonyl (C=O) groups is 1. The number of methoxy groups -OCH3 is 2. The van der Waals surface area contributed by atoms with Crippen molar-refractivity contribution < 1.29 is 14.3 Å². The lowest BCUT2D eigenvalue weighted by molar-refractivity contribution is 0.0943. The average Bonchev–Trinajstić information content (AvgIpc) is 2.64. The number of para-hydroxylation sites is 1. The molecule has 6 nitrogen and oxygen atoms in total. The van der Waals surface area contributed by atoms with E-state index in [0.29, 0.717) is 25.4 Å². The molecule has 1 heterocycles. The highest BCUT2D eigenvalue weighted by Crippen LogP contribution is 2.18. The Morgan fingerprint density at radius 2 is 2.00 bits per heavy atom. The van der Waals surface area contributed by atoms with Crippen molar-refractivity contribution in [3.63, 3.8) is 0 Å². The van der Waals surface area contributed by atoms with Gasteiger partial charge in [0.25, 0.3) is 5.91 Å². The van der Waals surface area contributed by atoms with Crippen molar-refractivity contribution >= 4 is 11.6 Å². The highest BCUT2D eigenvalue weighted by molar-refractivity contribution is 5.92. The Kier molecular flexibility index (Phi) is 7.04. The molecule has 0 saturated carbocycles. The van der Waals surface area contributed by atoms with Crippen LogP contribution < -0.4 is 15.4 Å². The van der Waals surface area contributed by atoms with Crippen LogP contribution in [0.1, 0.15) is 22.5 Å². The van der Waals surface area contributed by atoms with Crippen LogP contribution in [0.4, 0.5) is 5.69 Å². The molecule has 0 spiro atoms. The molecule has 128 valence electrons. The Balaban J connectivity index is 1.86. The molecule has 0 bridgehead atoms. The number of carbonyl (C=O) groups excluding carboxylic acids is 1. The molecule has 1 aromatic carbocycles. The summed E-state index contributed by atoms with van der Waals surface area (Å²) >= 11 is 0. The standard InChI is InChI=1S/C18H23N3O3/c1-23-11-5-10-19-18(22)16-9-8-15(13-21-16)20-12-14-6-3-4-7-17(14)24-2/h3-4,6-9,13,20H,5,10-12H2,1-2H3,(H,19,22). The Hall–Kier alpha value is -2.60. The minimum absolute atomic E-state index is 0.178. The van der Waals surface area contributed by atoms with Crippen LogP contribution in [0.5, 0.6) is 5.75 Å². The summed E-state index contributed by atoms with van der Waals surface area (Å²) in [5.41, 5.74) is 2.30. The quantitative estimate of drug-likeness (QED) is 0.692. The Labute approximate surface area is 142 Å². The van der Waals surface area contributed by atoms with Gasteiger partial charge in [0.15, 0.2) is 0 Å². The first-order valence-corrected chi connectivity index (χ1v) is 7.83. The van der Waals surface area contributed by atoms with Crippen LogP contribution in [-0.2, 0) is 11.3 Å². The van der Waals surface area contributed by atoms with Gasteiger partial charge in [-0.1, -0.05) is 18.2 Å². The molecule has 0 aliphatic rings. The van der Waals surface area contributed by atoms with E-state index in [2.05, 4.69) is 15.6 Å². The number of rotatable bonds is 9. The number of nitrogens with zero attached hydrogens (tertiary/aromatic N) is 1. The number of hydrogen-bond acceptors (Lipinski definition) is 5. The predicted molar refractivity (Wildman–Crippen MR) is 93.4 cm³/mol. The third kappa shape index (κ3) is 5.24. The fourth-order valence-corrected chi connectivity index (χ4v) is 2.19. The van der Waals surface area contributed by atoms with E-state index in [1.54, 1.807) is 26.5 Å². The monoisotopic (exact) mass is 329 g/mol. The van der Waals surface area contributed by atoms with Gasteiger partial charge in [0.05, 0.1) is 19.0 Å². The van der Waals surface area contributed by atoms with Crippen molar-refractivity contribution in [3.05, 3.63) is 53.9 Å². The van der Waals surface area contributed by atoms with Crippen molar-refractivity contribution in [3.8, 4) is 5.75 Å². The number of ether oxygens (including phenoxy) is 2. The maximum Gasteiger partial charge on any atom is 0.269 e. The summed E-state index contributed by atoms with van der Waals surface area (Å²) in [6, 6.07) is 11.4. The number of hydrogen-bond donors (Lipinski definition) is 2. The molecule has 1 aromatic heterocycles. The first-order valence-electron chi connectivity index (χ1n) is 7.83. The van der Waals surface area contributed by atoms with E-state index >= 15 is 0 Å². The van der Waals surface area contributed by atoms with Crippen molar-refractivity contribution in [2.24, 2.45) is 0 Å². The molecule has 0 atom stereocenters. The highest BCUT2D eigenvalue weighted by Gasteiger charge is 2.07. The van der Waals surface area contributed by atoms with E-state index in [9.17, 15) is 4.79 Å². The molecule has 0 unspecified atom stereocenters. The van der Waals surface area contributed by atoms with Gasteiger partial charge < -0.3 is 20.1 Å². The summed E-state index contributed by atoms with van der Waals surface area (Å²) in [5.74, 6) is 0.660. The molecule has 2 aromatic rings. The minimum Gasteiger partial charge on any atom is -0.496 e. The number of aromatic nitrogens is 1. The van der Waals surface area contributed by atoms with E-state index in [0.717, 1.165) is 23.4 Å². The van der Waals surface area contributed by atoms with Crippen LogP contribution in [0.15, 0.2) is 42.6 Å². The number of benzene rings is 1. The first-order chi connectivity index (χ1) is 11.7. The Bertz CT molecular complexity index is 644. The van der Waals surface area contributed by atoms with E-state index in [1.807, 2.05) is 30.3 Å². The summed E-state index contributed by atoms with van der Waals surface area (Å²) in [6.07, 6.45) is 2.43. The SMILES string of the molecule is COCCCNC(=O)c1ccc(NCc2ccccc2OC)cn1. The van der Waals surface area contributed by atoms with Gasteiger partial charge in [-0.25, -0.2) is 4.98 Å². The fraction of sp³-hybridized carbons (Fsp3) is 0.333. The van der Waals surface area contributed by atoms with E-state index < -0.39 is 0 Å². The second-order valence-corrected chi connectivity index (χ2v) is 5.20. The molecule has 0 aliphatic carbocycles. The van der Waals surface area contributed by atoms with E-state index in [1.165, 1.54) is 0 Å². The molecular formula is C18H23N3O3. The molecule has 6 heteroatoms. The molecule has 0 saturated heterocycles. The summed E-state index contributed by atoms with van der Waals surface area (Å²) in [5, 5.41) is 6.08. The van der Waals surface area contributed by atoms with Crippen LogP contribution in [0.2, 0.25) is 0 Å². The van der Waals surface area contributed by atoms with Gasteiger partial charge in [-0.3, -0.25) is 4.79 Å². The van der Waals surface area contributed by atoms with Gasteiger partial charge in [0, 0.05) is 32.4 Å². The third-order valence-electron chi connectivity index (χ3n) is 3.48. The number of pyridine rings is 1. The molecule has 2 rings (SSSR count). The summed E-state index contributed by atoms with van der Waals surface area (Å²) in [7, 11) is 3.29. The number of nitrogens with one attached hydrogen (secondary N) is 2. The summed E-state index contributed by atoms with van der Waals surface area (Å²) < 4.78 is 10.3. The van der Waals surface area contributed by atoms with Crippen molar-refractivity contribution in [2.75, 3.05) is 32.7 Å². The van der Waals surface area contributed by atoms with E-state index in [4.69, 9.17) is 9.47 Å². The molecule has 0 radical (unpaired) electrons.